The number of fused-ring (bicyclic) bond motifs is 15. The molecule has 0 fully saturated rings. The van der Waals surface area contributed by atoms with E-state index in [1.54, 1.807) is 0 Å². The summed E-state index contributed by atoms with van der Waals surface area (Å²) in [6.07, 6.45) is 0. The number of aliphatic carboxylic acids is 2. The van der Waals surface area contributed by atoms with Crippen LogP contribution < -0.4 is 19.6 Å². The van der Waals surface area contributed by atoms with E-state index in [0.29, 0.717) is 0 Å². The number of anilines is 6. The number of para-hydroxylation sites is 4. The molecule has 9 heteroatoms. The zero-order valence-electron chi connectivity index (χ0n) is 27.4. The van der Waals surface area contributed by atoms with Gasteiger partial charge in [-0.15, -0.1) is 0 Å². The zero-order valence-corrected chi connectivity index (χ0v) is 28.9. The van der Waals surface area contributed by atoms with E-state index in [1.165, 1.54) is 75.3 Å². The molecule has 0 bridgehead atoms. The molecule has 0 aliphatic carbocycles. The number of carbonyl (C=O) groups is 2. The van der Waals surface area contributed by atoms with Crippen molar-refractivity contribution in [1.29, 1.82) is 0 Å². The Morgan fingerprint density at radius 2 is 0.796 bits per heavy atom. The minimum absolute atomic E-state index is 0.142. The van der Waals surface area contributed by atoms with Gasteiger partial charge in [0.15, 0.2) is 0 Å². The number of carboxylic acid groups (broad SMARTS) is 2. The molecule has 0 saturated carbocycles. The first-order chi connectivity index (χ1) is 23.7. The number of hydrogen-bond acceptors (Lipinski definition) is 6. The summed E-state index contributed by atoms with van der Waals surface area (Å²) in [7, 11) is 4.45. The molecule has 6 aromatic rings. The van der Waals surface area contributed by atoms with Crippen LogP contribution in [0.4, 0.5) is 34.1 Å². The molecule has 3 aliphatic rings. The number of rotatable bonds is 0. The summed E-state index contributed by atoms with van der Waals surface area (Å²) in [6.45, 7) is 2.17. The fourth-order valence-electron chi connectivity index (χ4n) is 6.64. The van der Waals surface area contributed by atoms with E-state index in [1.807, 2.05) is 0 Å². The standard InChI is InChI=1S/C36H26N4.2C2H4O2.Pd/c1-37-23-39(31-17-9-7-15-29(31)37)33-21-19-25-11-3-5-13-27(25)35(33)36-28-14-6-4-12-26(28)20-22-34(36)40-24-38(2)30-16-8-10-18-32(30)40;2*1-2(3)4;/h3-22H,1-2H3;2*1H3,(H,3,4);. The first-order valence-electron chi connectivity index (χ1n) is 15.7. The molecule has 0 spiro atoms. The molecule has 6 aromatic carbocycles. The molecule has 49 heavy (non-hydrogen) atoms. The van der Waals surface area contributed by atoms with Gasteiger partial charge in [0.1, 0.15) is 0 Å². The predicted molar refractivity (Wildman–Crippen MR) is 197 cm³/mol. The second kappa shape index (κ2) is 12.8. The van der Waals surface area contributed by atoms with Crippen LogP contribution in [0.3, 0.4) is 0 Å². The van der Waals surface area contributed by atoms with Crippen molar-refractivity contribution in [3.05, 3.63) is 121 Å². The Kier molecular flexibility index (Phi) is 8.33. The quantitative estimate of drug-likeness (QED) is 0.151. The molecule has 2 N–H and O–H groups in total. The summed E-state index contributed by atoms with van der Waals surface area (Å²) in [6, 6.07) is 44.6. The van der Waals surface area contributed by atoms with Crippen LogP contribution in [0, 0.1) is 0 Å². The molecule has 0 amide bonds. The SMILES string of the molecule is CC(=O)O.CC(=O)O.CN1[C]2=[Pd]=[C]3N(C)c4ccccc4N3c3ccc4ccccc4c3-c3c(ccc4ccccc34)N2c2ccccc21. The Bertz CT molecular complexity index is 2210. The van der Waals surface area contributed by atoms with Crippen molar-refractivity contribution in [3.8, 4) is 11.1 Å². The van der Waals surface area contributed by atoms with Gasteiger partial charge in [0.05, 0.1) is 0 Å². The number of benzene rings is 6. The molecule has 9 rings (SSSR count). The predicted octanol–water partition coefficient (Wildman–Crippen LogP) is 8.29. The Hall–Kier alpha value is -5.62. The van der Waals surface area contributed by atoms with Crippen LogP contribution in [0.2, 0.25) is 0 Å². The van der Waals surface area contributed by atoms with Crippen molar-refractivity contribution in [2.75, 3.05) is 33.7 Å². The van der Waals surface area contributed by atoms with Gasteiger partial charge in [0.25, 0.3) is 11.9 Å². The summed E-state index contributed by atoms with van der Waals surface area (Å²) in [5.41, 5.74) is 9.95. The molecule has 3 heterocycles. The minimum atomic E-state index is -0.833. The molecule has 248 valence electrons. The van der Waals surface area contributed by atoms with Crippen LogP contribution in [0.25, 0.3) is 32.7 Å². The topological polar surface area (TPSA) is 87.6 Å². The van der Waals surface area contributed by atoms with Crippen LogP contribution in [0.5, 0.6) is 0 Å². The van der Waals surface area contributed by atoms with E-state index in [4.69, 9.17) is 19.8 Å². The van der Waals surface area contributed by atoms with Crippen molar-refractivity contribution in [2.24, 2.45) is 0 Å². The first-order valence-corrected chi connectivity index (χ1v) is 17.2. The number of nitrogens with zero attached hydrogens (tertiary/aromatic N) is 4. The van der Waals surface area contributed by atoms with Crippen molar-refractivity contribution in [2.45, 2.75) is 13.8 Å². The summed E-state index contributed by atoms with van der Waals surface area (Å²) >= 11 is 0.142. The summed E-state index contributed by atoms with van der Waals surface area (Å²) in [5, 5.41) is 19.9. The van der Waals surface area contributed by atoms with Gasteiger partial charge < -0.3 is 10.2 Å². The van der Waals surface area contributed by atoms with Crippen LogP contribution in [0.15, 0.2) is 121 Å². The second-order valence-corrected chi connectivity index (χ2v) is 13.5. The van der Waals surface area contributed by atoms with Gasteiger partial charge in [-0.2, -0.15) is 0 Å². The maximum absolute atomic E-state index is 9.00. The molecular weight excluding hydrogens is 707 g/mol. The molecule has 3 aliphatic heterocycles. The van der Waals surface area contributed by atoms with Gasteiger partial charge in [0, 0.05) is 13.8 Å². The van der Waals surface area contributed by atoms with Crippen LogP contribution in [-0.4, -0.2) is 44.7 Å². The van der Waals surface area contributed by atoms with Crippen LogP contribution in [0.1, 0.15) is 13.8 Å². The Labute approximate surface area is 291 Å². The Balaban J connectivity index is 0.000000430. The zero-order chi connectivity index (χ0) is 34.4. The molecule has 8 nitrogen and oxygen atoms in total. The van der Waals surface area contributed by atoms with E-state index in [2.05, 4.69) is 155 Å². The van der Waals surface area contributed by atoms with Gasteiger partial charge in [-0.3, -0.25) is 9.59 Å². The van der Waals surface area contributed by atoms with E-state index in [-0.39, 0.29) is 17.1 Å². The maximum atomic E-state index is 9.00. The summed E-state index contributed by atoms with van der Waals surface area (Å²) in [5.74, 6) is -1.67. The van der Waals surface area contributed by atoms with E-state index < -0.39 is 11.9 Å². The molecule has 0 atom stereocenters. The normalized spacial score (nSPS) is 13.9. The third kappa shape index (κ3) is 5.47. The van der Waals surface area contributed by atoms with Gasteiger partial charge in [0.2, 0.25) is 0 Å². The van der Waals surface area contributed by atoms with Gasteiger partial charge >= 0.3 is 247 Å². The number of hydrogen-bond donors (Lipinski definition) is 2. The van der Waals surface area contributed by atoms with Gasteiger partial charge in [-0.1, -0.05) is 0 Å². The number of carboxylic acids is 2. The van der Waals surface area contributed by atoms with E-state index in [0.717, 1.165) is 13.8 Å². The molecular formula is C40H34N4O4Pd. The molecule has 0 unspecified atom stereocenters. The van der Waals surface area contributed by atoms with Crippen molar-refractivity contribution in [3.63, 3.8) is 0 Å². The Morgan fingerprint density at radius 1 is 0.469 bits per heavy atom. The van der Waals surface area contributed by atoms with Crippen molar-refractivity contribution in [1.82, 2.24) is 0 Å². The van der Waals surface area contributed by atoms with Crippen LogP contribution in [-0.2, 0) is 26.7 Å². The van der Waals surface area contributed by atoms with Crippen molar-refractivity contribution < 1.29 is 36.9 Å². The van der Waals surface area contributed by atoms with Gasteiger partial charge in [-0.25, -0.2) is 0 Å². The third-order valence-electron chi connectivity index (χ3n) is 8.51. The molecule has 0 saturated heterocycles. The van der Waals surface area contributed by atoms with E-state index >= 15 is 0 Å². The molecule has 0 aromatic heterocycles. The summed E-state index contributed by atoms with van der Waals surface area (Å²) < 4.78 is 2.60. The van der Waals surface area contributed by atoms with E-state index in [9.17, 15) is 0 Å². The van der Waals surface area contributed by atoms with Crippen LogP contribution >= 0.6 is 0 Å². The van der Waals surface area contributed by atoms with Gasteiger partial charge in [-0.05, 0) is 0 Å². The average molecular weight is 741 g/mol. The van der Waals surface area contributed by atoms with Crippen molar-refractivity contribution >= 4 is 76.1 Å². The fraction of sp³-hybridized carbons (Fsp3) is 0.100. The fourth-order valence-corrected chi connectivity index (χ4v) is 8.95. The monoisotopic (exact) mass is 740 g/mol. The second-order valence-electron chi connectivity index (χ2n) is 11.7. The first kappa shape index (κ1) is 32.0. The average Bonchev–Trinajstić information content (AvgIpc) is 3.54. The summed E-state index contributed by atoms with van der Waals surface area (Å²) in [4.78, 5) is 27.9. The Morgan fingerprint density at radius 3 is 1.18 bits per heavy atom. The third-order valence-corrected chi connectivity index (χ3v) is 10.9. The molecule has 0 radical (unpaired) electrons.